The molecule has 14 heavy (non-hydrogen) atoms. The third-order valence-electron chi connectivity index (χ3n) is 1.81. The van der Waals surface area contributed by atoms with Gasteiger partial charge in [-0.1, -0.05) is 0 Å². The number of nitrogens with two attached hydrogens (primary N) is 1. The van der Waals surface area contributed by atoms with E-state index in [0.29, 0.717) is 0 Å². The zero-order valence-corrected chi connectivity index (χ0v) is 8.45. The molecule has 0 spiro atoms. The van der Waals surface area contributed by atoms with Gasteiger partial charge in [-0.2, -0.15) is 0 Å². The number of rotatable bonds is 2. The molecule has 1 aliphatic carbocycles. The molecule has 1 aliphatic rings. The van der Waals surface area contributed by atoms with E-state index >= 15 is 0 Å². The summed E-state index contributed by atoms with van der Waals surface area (Å²) in [5, 5.41) is 10.4. The zero-order chi connectivity index (χ0) is 10.9. The van der Waals surface area contributed by atoms with Gasteiger partial charge in [0.2, 0.25) is 5.91 Å². The first kappa shape index (κ1) is 10.8. The van der Waals surface area contributed by atoms with Gasteiger partial charge < -0.3 is 5.73 Å². The molecule has 0 aromatic rings. The van der Waals surface area contributed by atoms with E-state index in [2.05, 4.69) is 15.9 Å². The number of carbonyl (C=O) groups excluding carboxylic acids is 1. The van der Waals surface area contributed by atoms with E-state index in [9.17, 15) is 19.3 Å². The Balaban J connectivity index is 3.07. The third-order valence-corrected chi connectivity index (χ3v) is 2.41. The van der Waals surface area contributed by atoms with Crippen molar-refractivity contribution < 1.29 is 14.1 Å². The largest absolute Gasteiger partial charge is 0.366 e. The van der Waals surface area contributed by atoms with Crippen LogP contribution in [0.5, 0.6) is 0 Å². The molecule has 0 radical (unpaired) electrons. The van der Waals surface area contributed by atoms with Crippen LogP contribution in [0.4, 0.5) is 4.39 Å². The van der Waals surface area contributed by atoms with Gasteiger partial charge in [0, 0.05) is 10.5 Å². The fourth-order valence-electron chi connectivity index (χ4n) is 1.08. The van der Waals surface area contributed by atoms with Gasteiger partial charge in [0.25, 0.3) is 6.04 Å². The van der Waals surface area contributed by atoms with Gasteiger partial charge in [0.05, 0.1) is 10.9 Å². The molecule has 1 atom stereocenters. The van der Waals surface area contributed by atoms with Crippen LogP contribution in [0.3, 0.4) is 0 Å². The lowest BCUT2D eigenvalue weighted by atomic mass is 10.00. The lowest BCUT2D eigenvalue weighted by Gasteiger charge is -2.13. The van der Waals surface area contributed by atoms with Gasteiger partial charge in [-0.25, -0.2) is 4.39 Å². The summed E-state index contributed by atoms with van der Waals surface area (Å²) in [5.41, 5.74) is 4.98. The fraction of sp³-hybridized carbons (Fsp3) is 0.286. The predicted molar refractivity (Wildman–Crippen MR) is 49.7 cm³/mol. The first-order valence-electron chi connectivity index (χ1n) is 3.62. The van der Waals surface area contributed by atoms with E-state index in [1.807, 2.05) is 0 Å². The molecule has 7 heteroatoms. The van der Waals surface area contributed by atoms with Crippen LogP contribution in [0.25, 0.3) is 0 Å². The van der Waals surface area contributed by atoms with Crippen molar-refractivity contribution in [1.82, 2.24) is 0 Å². The Morgan fingerprint density at radius 1 is 1.79 bits per heavy atom. The van der Waals surface area contributed by atoms with Crippen LogP contribution in [0.15, 0.2) is 22.0 Å². The average molecular weight is 265 g/mol. The van der Waals surface area contributed by atoms with Crippen LogP contribution >= 0.6 is 15.9 Å². The normalized spacial score (nSPS) is 21.9. The molecular weight excluding hydrogens is 259 g/mol. The first-order valence-corrected chi connectivity index (χ1v) is 4.41. The summed E-state index contributed by atoms with van der Waals surface area (Å²) in [6.07, 6.45) is 0.862. The van der Waals surface area contributed by atoms with Gasteiger partial charge in [-0.15, -0.1) is 0 Å². The molecule has 0 saturated heterocycles. The first-order chi connectivity index (χ1) is 6.43. The van der Waals surface area contributed by atoms with Gasteiger partial charge in [-0.05, 0) is 22.0 Å². The molecule has 0 fully saturated rings. The van der Waals surface area contributed by atoms with E-state index in [4.69, 9.17) is 5.73 Å². The van der Waals surface area contributed by atoms with Crippen LogP contribution in [0.2, 0.25) is 0 Å². The number of primary amides is 1. The second-order valence-corrected chi connectivity index (χ2v) is 3.59. The van der Waals surface area contributed by atoms with Gasteiger partial charge in [-0.3, -0.25) is 14.9 Å². The van der Waals surface area contributed by atoms with Gasteiger partial charge >= 0.3 is 0 Å². The highest BCUT2D eigenvalue weighted by molar-refractivity contribution is 9.11. The van der Waals surface area contributed by atoms with E-state index in [1.54, 1.807) is 0 Å². The maximum Gasteiger partial charge on any atom is 0.269 e. The summed E-state index contributed by atoms with van der Waals surface area (Å²) < 4.78 is 13.0. The van der Waals surface area contributed by atoms with E-state index < -0.39 is 22.7 Å². The maximum absolute atomic E-state index is 13.1. The minimum absolute atomic E-state index is 0.0416. The van der Waals surface area contributed by atoms with Crippen molar-refractivity contribution in [2.75, 3.05) is 0 Å². The van der Waals surface area contributed by atoms with Crippen molar-refractivity contribution in [1.29, 1.82) is 0 Å². The number of carbonyl (C=O) groups is 1. The van der Waals surface area contributed by atoms with E-state index in [-0.39, 0.29) is 16.5 Å². The Kier molecular flexibility index (Phi) is 3.00. The van der Waals surface area contributed by atoms with E-state index in [0.717, 1.165) is 6.08 Å². The Morgan fingerprint density at radius 3 is 2.79 bits per heavy atom. The van der Waals surface area contributed by atoms with Crippen molar-refractivity contribution in [3.63, 3.8) is 0 Å². The highest BCUT2D eigenvalue weighted by atomic mass is 79.9. The Labute approximate surface area is 86.7 Å². The quantitative estimate of drug-likeness (QED) is 0.597. The monoisotopic (exact) mass is 264 g/mol. The molecule has 5 nitrogen and oxygen atoms in total. The summed E-state index contributed by atoms with van der Waals surface area (Å²) in [6.45, 7) is 0. The fourth-order valence-corrected chi connectivity index (χ4v) is 1.62. The molecule has 0 aromatic heterocycles. The molecule has 0 bridgehead atoms. The number of hydrogen-bond acceptors (Lipinski definition) is 3. The summed E-state index contributed by atoms with van der Waals surface area (Å²) in [5.74, 6) is -1.67. The molecule has 0 aliphatic heterocycles. The Morgan fingerprint density at radius 2 is 2.36 bits per heavy atom. The predicted octanol–water partition coefficient (Wildman–Crippen LogP) is 1.02. The summed E-state index contributed by atoms with van der Waals surface area (Å²) in [7, 11) is 0. The van der Waals surface area contributed by atoms with Crippen LogP contribution < -0.4 is 5.73 Å². The minimum Gasteiger partial charge on any atom is -0.366 e. The van der Waals surface area contributed by atoms with Crippen LogP contribution in [0, 0.1) is 10.1 Å². The van der Waals surface area contributed by atoms with Crippen LogP contribution in [0.1, 0.15) is 6.42 Å². The summed E-state index contributed by atoms with van der Waals surface area (Å²) in [4.78, 5) is 20.4. The average Bonchev–Trinajstić information content (AvgIpc) is 2.08. The molecule has 1 unspecified atom stereocenters. The van der Waals surface area contributed by atoms with Crippen molar-refractivity contribution >= 4 is 21.8 Å². The molecule has 2 N–H and O–H groups in total. The highest BCUT2D eigenvalue weighted by Gasteiger charge is 2.34. The second kappa shape index (κ2) is 3.87. The molecule has 0 saturated carbocycles. The van der Waals surface area contributed by atoms with Crippen molar-refractivity contribution in [3.8, 4) is 0 Å². The van der Waals surface area contributed by atoms with Crippen molar-refractivity contribution in [2.24, 2.45) is 5.73 Å². The molecule has 0 aromatic carbocycles. The van der Waals surface area contributed by atoms with E-state index in [1.165, 1.54) is 0 Å². The number of amides is 1. The number of allylic oxidation sites excluding steroid dienone is 2. The molecule has 1 amide bonds. The minimum atomic E-state index is -1.52. The number of halogens is 2. The SMILES string of the molecule is NC(=O)C1=CC(Br)=C(F)C([N+](=O)[O-])C1. The van der Waals surface area contributed by atoms with Crippen LogP contribution in [-0.2, 0) is 4.79 Å². The number of nitro groups is 1. The topological polar surface area (TPSA) is 86.2 Å². The molecule has 0 heterocycles. The second-order valence-electron chi connectivity index (χ2n) is 2.73. The maximum atomic E-state index is 13.1. The van der Waals surface area contributed by atoms with Crippen molar-refractivity contribution in [2.45, 2.75) is 12.5 Å². The van der Waals surface area contributed by atoms with Gasteiger partial charge in [0.1, 0.15) is 0 Å². The zero-order valence-electron chi connectivity index (χ0n) is 6.87. The third kappa shape index (κ3) is 1.98. The lowest BCUT2D eigenvalue weighted by molar-refractivity contribution is -0.514. The van der Waals surface area contributed by atoms with Crippen LogP contribution in [-0.4, -0.2) is 16.9 Å². The summed E-state index contributed by atoms with van der Waals surface area (Å²) >= 11 is 2.79. The Hall–Kier alpha value is -1.24. The lowest BCUT2D eigenvalue weighted by Crippen LogP contribution is -2.28. The standard InChI is InChI=1S/C7H6BrFN2O3/c8-4-1-3(7(10)12)2-5(6(4)9)11(13)14/h1,5H,2H2,(H2,10,12). The van der Waals surface area contributed by atoms with Gasteiger partial charge in [0.15, 0.2) is 5.83 Å². The molecular formula is C7H6BrFN2O3. The molecule has 1 rings (SSSR count). The smallest absolute Gasteiger partial charge is 0.269 e. The number of hydrogen-bond donors (Lipinski definition) is 1. The number of nitrogens with zero attached hydrogens (tertiary/aromatic N) is 1. The summed E-state index contributed by atoms with van der Waals surface area (Å²) in [6, 6.07) is -1.52. The Bertz CT molecular complexity index is 364. The molecule has 76 valence electrons. The van der Waals surface area contributed by atoms with Crippen molar-refractivity contribution in [3.05, 3.63) is 32.1 Å². The highest BCUT2D eigenvalue weighted by Crippen LogP contribution is 2.30.